The molecule has 1 aromatic carbocycles. The van der Waals surface area contributed by atoms with Crippen LogP contribution in [0.2, 0.25) is 0 Å². The van der Waals surface area contributed by atoms with Crippen LogP contribution >= 0.6 is 11.3 Å². The first-order valence-electron chi connectivity index (χ1n) is 6.99. The van der Waals surface area contributed by atoms with E-state index in [1.807, 2.05) is 34.5 Å². The minimum Gasteiger partial charge on any atom is -0.495 e. The minimum absolute atomic E-state index is 0.0619. The third kappa shape index (κ3) is 3.36. The topological polar surface area (TPSA) is 41.6 Å². The van der Waals surface area contributed by atoms with Crippen LogP contribution in [-0.2, 0) is 6.54 Å². The number of methoxy groups -OCH3 is 1. The highest BCUT2D eigenvalue weighted by molar-refractivity contribution is 7.07. The lowest BCUT2D eigenvalue weighted by Crippen LogP contribution is -2.36. The van der Waals surface area contributed by atoms with Gasteiger partial charge in [0.05, 0.1) is 12.8 Å². The number of amides is 2. The normalized spacial score (nSPS) is 13.8. The molecule has 0 bridgehead atoms. The predicted octanol–water partition coefficient (Wildman–Crippen LogP) is 3.95. The Balaban J connectivity index is 1.72. The van der Waals surface area contributed by atoms with E-state index in [1.54, 1.807) is 18.4 Å². The quantitative estimate of drug-likeness (QED) is 0.908. The molecule has 4 nitrogen and oxygen atoms in total. The molecule has 3 rings (SSSR count). The number of hydrogen-bond donors (Lipinski definition) is 1. The molecule has 21 heavy (non-hydrogen) atoms. The van der Waals surface area contributed by atoms with Crippen molar-refractivity contribution in [3.8, 4) is 5.75 Å². The maximum atomic E-state index is 12.6. The van der Waals surface area contributed by atoms with E-state index in [0.717, 1.165) is 12.8 Å². The average Bonchev–Trinajstić information content (AvgIpc) is 3.21. The lowest BCUT2D eigenvalue weighted by molar-refractivity contribution is 0.206. The van der Waals surface area contributed by atoms with Gasteiger partial charge in [-0.2, -0.15) is 11.3 Å². The number of benzene rings is 1. The summed E-state index contributed by atoms with van der Waals surface area (Å²) in [7, 11) is 1.61. The van der Waals surface area contributed by atoms with Gasteiger partial charge in [0.2, 0.25) is 0 Å². The van der Waals surface area contributed by atoms with E-state index in [4.69, 9.17) is 4.74 Å². The Morgan fingerprint density at radius 1 is 1.38 bits per heavy atom. The Hall–Kier alpha value is -2.01. The first-order valence-corrected chi connectivity index (χ1v) is 7.94. The van der Waals surface area contributed by atoms with Gasteiger partial charge in [0.25, 0.3) is 0 Å². The van der Waals surface area contributed by atoms with E-state index in [0.29, 0.717) is 24.0 Å². The average molecular weight is 302 g/mol. The maximum Gasteiger partial charge on any atom is 0.322 e. The summed E-state index contributed by atoms with van der Waals surface area (Å²) in [6, 6.07) is 9.84. The number of nitrogens with zero attached hydrogens (tertiary/aromatic N) is 1. The lowest BCUT2D eigenvalue weighted by atomic mass is 10.3. The van der Waals surface area contributed by atoms with E-state index in [2.05, 4.69) is 16.8 Å². The fraction of sp³-hybridized carbons (Fsp3) is 0.312. The van der Waals surface area contributed by atoms with E-state index in [-0.39, 0.29) is 6.03 Å². The van der Waals surface area contributed by atoms with Gasteiger partial charge in [-0.05, 0) is 47.4 Å². The van der Waals surface area contributed by atoms with Crippen LogP contribution in [0.25, 0.3) is 0 Å². The Kier molecular flexibility index (Phi) is 4.10. The van der Waals surface area contributed by atoms with Crippen LogP contribution in [0, 0.1) is 0 Å². The number of ether oxygens (including phenoxy) is 1. The minimum atomic E-state index is -0.0619. The number of rotatable bonds is 5. The van der Waals surface area contributed by atoms with Crippen LogP contribution in [0.15, 0.2) is 41.1 Å². The molecule has 0 saturated heterocycles. The van der Waals surface area contributed by atoms with Crippen molar-refractivity contribution in [2.24, 2.45) is 0 Å². The Morgan fingerprint density at radius 2 is 2.19 bits per heavy atom. The summed E-state index contributed by atoms with van der Waals surface area (Å²) >= 11 is 1.66. The SMILES string of the molecule is COc1ccccc1NC(=O)N(Cc1ccsc1)C1CC1. The van der Waals surface area contributed by atoms with Crippen molar-refractivity contribution in [2.45, 2.75) is 25.4 Å². The molecular weight excluding hydrogens is 284 g/mol. The first-order chi connectivity index (χ1) is 10.3. The Labute approximate surface area is 128 Å². The van der Waals surface area contributed by atoms with Gasteiger partial charge in [-0.25, -0.2) is 4.79 Å². The van der Waals surface area contributed by atoms with Crippen molar-refractivity contribution in [3.05, 3.63) is 46.7 Å². The van der Waals surface area contributed by atoms with Crippen molar-refractivity contribution in [3.63, 3.8) is 0 Å². The summed E-state index contributed by atoms with van der Waals surface area (Å²) in [5, 5.41) is 7.09. The van der Waals surface area contributed by atoms with Crippen molar-refractivity contribution in [2.75, 3.05) is 12.4 Å². The summed E-state index contributed by atoms with van der Waals surface area (Å²) < 4.78 is 5.28. The highest BCUT2D eigenvalue weighted by Gasteiger charge is 2.32. The van der Waals surface area contributed by atoms with Gasteiger partial charge in [-0.1, -0.05) is 12.1 Å². The van der Waals surface area contributed by atoms with E-state index in [1.165, 1.54) is 5.56 Å². The monoisotopic (exact) mass is 302 g/mol. The fourth-order valence-electron chi connectivity index (χ4n) is 2.27. The van der Waals surface area contributed by atoms with Crippen molar-refractivity contribution >= 4 is 23.1 Å². The van der Waals surface area contributed by atoms with Crippen molar-refractivity contribution < 1.29 is 9.53 Å². The van der Waals surface area contributed by atoms with Gasteiger partial charge in [-0.15, -0.1) is 0 Å². The second kappa shape index (κ2) is 6.18. The zero-order valence-corrected chi connectivity index (χ0v) is 12.7. The summed E-state index contributed by atoms with van der Waals surface area (Å²) in [5.74, 6) is 0.678. The summed E-state index contributed by atoms with van der Waals surface area (Å²) in [4.78, 5) is 14.5. The molecule has 1 N–H and O–H groups in total. The molecule has 1 saturated carbocycles. The van der Waals surface area contributed by atoms with Gasteiger partial charge in [0.1, 0.15) is 5.75 Å². The maximum absolute atomic E-state index is 12.6. The number of hydrogen-bond acceptors (Lipinski definition) is 3. The summed E-state index contributed by atoms with van der Waals surface area (Å²) in [5.41, 5.74) is 1.89. The van der Waals surface area contributed by atoms with Crippen LogP contribution in [-0.4, -0.2) is 24.1 Å². The van der Waals surface area contributed by atoms with Crippen LogP contribution in [0.5, 0.6) is 5.75 Å². The van der Waals surface area contributed by atoms with Crippen LogP contribution in [0.3, 0.4) is 0 Å². The first kappa shape index (κ1) is 13.9. The van der Waals surface area contributed by atoms with Crippen molar-refractivity contribution in [1.82, 2.24) is 4.90 Å². The van der Waals surface area contributed by atoms with Gasteiger partial charge in [0.15, 0.2) is 0 Å². The van der Waals surface area contributed by atoms with E-state index < -0.39 is 0 Å². The molecule has 1 aliphatic carbocycles. The van der Waals surface area contributed by atoms with Crippen LogP contribution in [0.1, 0.15) is 18.4 Å². The second-order valence-electron chi connectivity index (χ2n) is 5.12. The van der Waals surface area contributed by atoms with E-state index in [9.17, 15) is 4.79 Å². The zero-order chi connectivity index (χ0) is 14.7. The molecule has 0 aliphatic heterocycles. The number of nitrogens with one attached hydrogen (secondary N) is 1. The highest BCUT2D eigenvalue weighted by Crippen LogP contribution is 2.30. The third-order valence-corrected chi connectivity index (χ3v) is 4.26. The number of anilines is 1. The molecule has 1 aliphatic rings. The van der Waals surface area contributed by atoms with Crippen LogP contribution in [0.4, 0.5) is 10.5 Å². The lowest BCUT2D eigenvalue weighted by Gasteiger charge is -2.23. The number of carbonyl (C=O) groups is 1. The molecule has 5 heteroatoms. The molecule has 2 aromatic rings. The third-order valence-electron chi connectivity index (χ3n) is 3.53. The molecule has 0 atom stereocenters. The number of carbonyl (C=O) groups excluding carboxylic acids is 1. The fourth-order valence-corrected chi connectivity index (χ4v) is 2.93. The predicted molar refractivity (Wildman–Crippen MR) is 84.9 cm³/mol. The van der Waals surface area contributed by atoms with Crippen molar-refractivity contribution in [1.29, 1.82) is 0 Å². The second-order valence-corrected chi connectivity index (χ2v) is 5.90. The number of para-hydroxylation sites is 2. The smallest absolute Gasteiger partial charge is 0.322 e. The van der Waals surface area contributed by atoms with Gasteiger partial charge >= 0.3 is 6.03 Å². The van der Waals surface area contributed by atoms with Gasteiger partial charge in [0, 0.05) is 12.6 Å². The summed E-state index contributed by atoms with van der Waals surface area (Å²) in [6.07, 6.45) is 2.17. The highest BCUT2D eigenvalue weighted by atomic mass is 32.1. The molecule has 1 fully saturated rings. The molecule has 0 unspecified atom stereocenters. The van der Waals surface area contributed by atoms with Crippen LogP contribution < -0.4 is 10.1 Å². The van der Waals surface area contributed by atoms with E-state index >= 15 is 0 Å². The molecule has 2 amide bonds. The number of urea groups is 1. The standard InChI is InChI=1S/C16H18N2O2S/c1-20-15-5-3-2-4-14(15)17-16(19)18(13-6-7-13)10-12-8-9-21-11-12/h2-5,8-9,11,13H,6-7,10H2,1H3,(H,17,19). The molecule has 0 spiro atoms. The molecular formula is C16H18N2O2S. The Bertz CT molecular complexity index is 608. The molecule has 0 radical (unpaired) electrons. The summed E-state index contributed by atoms with van der Waals surface area (Å²) in [6.45, 7) is 0.662. The number of thiophene rings is 1. The van der Waals surface area contributed by atoms with Gasteiger partial charge in [-0.3, -0.25) is 0 Å². The molecule has 110 valence electrons. The zero-order valence-electron chi connectivity index (χ0n) is 11.9. The van der Waals surface area contributed by atoms with Gasteiger partial charge < -0.3 is 15.0 Å². The largest absolute Gasteiger partial charge is 0.495 e. The Morgan fingerprint density at radius 3 is 2.86 bits per heavy atom. The molecule has 1 heterocycles. The molecule has 1 aromatic heterocycles.